The Labute approximate surface area is 129 Å². The summed E-state index contributed by atoms with van der Waals surface area (Å²) < 4.78 is 27.9. The van der Waals surface area contributed by atoms with Gasteiger partial charge in [0.2, 0.25) is 10.0 Å². The molecule has 1 aliphatic carbocycles. The van der Waals surface area contributed by atoms with Gasteiger partial charge in [-0.25, -0.2) is 8.42 Å². The van der Waals surface area contributed by atoms with Crippen molar-refractivity contribution in [3.05, 3.63) is 64.7 Å². The zero-order valence-electron chi connectivity index (χ0n) is 11.2. The van der Waals surface area contributed by atoms with Crippen LogP contribution in [0.15, 0.2) is 53.4 Å². The molecule has 0 unspecified atom stereocenters. The summed E-state index contributed by atoms with van der Waals surface area (Å²) in [7, 11) is -3.46. The number of hydrogen-bond acceptors (Lipinski definition) is 2. The van der Waals surface area contributed by atoms with Gasteiger partial charge in [0.25, 0.3) is 0 Å². The van der Waals surface area contributed by atoms with E-state index >= 15 is 0 Å². The average molecular weight is 320 g/mol. The lowest BCUT2D eigenvalue weighted by Crippen LogP contribution is -2.42. The molecule has 0 amide bonds. The smallest absolute Gasteiger partial charge is 0.207 e. The second-order valence-corrected chi connectivity index (χ2v) is 7.78. The minimum atomic E-state index is -3.46. The fraction of sp³-hybridized carbons (Fsp3) is 0.250. The molecule has 1 aliphatic heterocycles. The third kappa shape index (κ3) is 1.86. The van der Waals surface area contributed by atoms with Crippen molar-refractivity contribution in [2.75, 3.05) is 0 Å². The van der Waals surface area contributed by atoms with Crippen LogP contribution >= 0.6 is 11.6 Å². The van der Waals surface area contributed by atoms with E-state index in [0.29, 0.717) is 15.8 Å². The van der Waals surface area contributed by atoms with E-state index in [0.717, 1.165) is 24.0 Å². The van der Waals surface area contributed by atoms with Crippen LogP contribution in [0.4, 0.5) is 0 Å². The maximum absolute atomic E-state index is 12.5. The molecular formula is C16H14ClNO2S. The van der Waals surface area contributed by atoms with Gasteiger partial charge in [0.1, 0.15) is 0 Å². The largest absolute Gasteiger partial charge is 0.242 e. The van der Waals surface area contributed by atoms with Crippen LogP contribution in [0, 0.1) is 5.92 Å². The SMILES string of the molecule is O=S1(=O)N[C@](c2ccc(Cl)cc2)(C2CC2)c2ccccc21. The number of hydrogen-bond donors (Lipinski definition) is 1. The number of sulfonamides is 1. The third-order valence-corrected chi connectivity index (χ3v) is 6.16. The standard InChI is InChI=1S/C16H14ClNO2S/c17-13-9-7-12(8-10-13)16(11-5-6-11)14-3-1-2-4-15(14)21(19,20)18-16/h1-4,7-11,18H,5-6H2/t16-/m0/s1. The van der Waals surface area contributed by atoms with E-state index < -0.39 is 15.6 Å². The number of rotatable bonds is 2. The lowest BCUT2D eigenvalue weighted by atomic mass is 9.80. The van der Waals surface area contributed by atoms with E-state index in [1.165, 1.54) is 0 Å². The normalized spacial score (nSPS) is 26.5. The second-order valence-electron chi connectivity index (χ2n) is 5.69. The summed E-state index contributed by atoms with van der Waals surface area (Å²) in [4.78, 5) is 0.395. The maximum Gasteiger partial charge on any atom is 0.242 e. The summed E-state index contributed by atoms with van der Waals surface area (Å²) in [5, 5.41) is 0.652. The van der Waals surface area contributed by atoms with Gasteiger partial charge in [0.05, 0.1) is 10.4 Å². The van der Waals surface area contributed by atoms with Gasteiger partial charge >= 0.3 is 0 Å². The van der Waals surface area contributed by atoms with Crippen molar-refractivity contribution in [2.24, 2.45) is 5.92 Å². The summed E-state index contributed by atoms with van der Waals surface area (Å²) in [6.07, 6.45) is 2.05. The van der Waals surface area contributed by atoms with E-state index in [1.54, 1.807) is 12.1 Å². The Morgan fingerprint density at radius 1 is 1.05 bits per heavy atom. The van der Waals surface area contributed by atoms with Crippen LogP contribution < -0.4 is 4.72 Å². The fourth-order valence-electron chi connectivity index (χ4n) is 3.33. The zero-order chi connectivity index (χ0) is 14.7. The highest BCUT2D eigenvalue weighted by molar-refractivity contribution is 7.89. The number of nitrogens with one attached hydrogen (secondary N) is 1. The van der Waals surface area contributed by atoms with Crippen molar-refractivity contribution in [1.29, 1.82) is 0 Å². The van der Waals surface area contributed by atoms with Crippen molar-refractivity contribution in [3.8, 4) is 0 Å². The minimum Gasteiger partial charge on any atom is -0.207 e. The van der Waals surface area contributed by atoms with Crippen LogP contribution in [0.3, 0.4) is 0 Å². The molecule has 3 nitrogen and oxygen atoms in total. The van der Waals surface area contributed by atoms with Gasteiger partial charge in [-0.15, -0.1) is 0 Å². The van der Waals surface area contributed by atoms with Gasteiger partial charge in [0, 0.05) is 5.02 Å². The van der Waals surface area contributed by atoms with E-state index in [2.05, 4.69) is 4.72 Å². The van der Waals surface area contributed by atoms with Crippen molar-refractivity contribution in [3.63, 3.8) is 0 Å². The predicted molar refractivity (Wildman–Crippen MR) is 81.7 cm³/mol. The first-order chi connectivity index (χ1) is 10.0. The molecule has 0 spiro atoms. The van der Waals surface area contributed by atoms with Gasteiger partial charge in [0.15, 0.2) is 0 Å². The molecule has 5 heteroatoms. The van der Waals surface area contributed by atoms with Crippen molar-refractivity contribution >= 4 is 21.6 Å². The van der Waals surface area contributed by atoms with E-state index in [4.69, 9.17) is 11.6 Å². The quantitative estimate of drug-likeness (QED) is 0.923. The Balaban J connectivity index is 2.01. The number of benzene rings is 2. The van der Waals surface area contributed by atoms with Crippen LogP contribution in [-0.4, -0.2) is 8.42 Å². The van der Waals surface area contributed by atoms with Gasteiger partial charge in [-0.2, -0.15) is 4.72 Å². The first-order valence-corrected chi connectivity index (χ1v) is 8.80. The number of fused-ring (bicyclic) bond motifs is 1. The zero-order valence-corrected chi connectivity index (χ0v) is 12.8. The molecule has 21 heavy (non-hydrogen) atoms. The minimum absolute atomic E-state index is 0.303. The highest BCUT2D eigenvalue weighted by atomic mass is 35.5. The van der Waals surface area contributed by atoms with Crippen molar-refractivity contribution in [1.82, 2.24) is 4.72 Å². The topological polar surface area (TPSA) is 46.2 Å². The summed E-state index contributed by atoms with van der Waals surface area (Å²) in [5.41, 5.74) is 1.18. The maximum atomic E-state index is 12.5. The Kier molecular flexibility index (Phi) is 2.74. The Morgan fingerprint density at radius 2 is 1.71 bits per heavy atom. The summed E-state index contributed by atoms with van der Waals surface area (Å²) in [6.45, 7) is 0. The van der Waals surface area contributed by atoms with Gasteiger partial charge in [-0.1, -0.05) is 41.9 Å². The predicted octanol–water partition coefficient (Wildman–Crippen LogP) is 3.29. The lowest BCUT2D eigenvalue weighted by Gasteiger charge is -2.30. The first kappa shape index (κ1) is 13.3. The summed E-state index contributed by atoms with van der Waals surface area (Å²) >= 11 is 5.98. The van der Waals surface area contributed by atoms with E-state index in [9.17, 15) is 8.42 Å². The Morgan fingerprint density at radius 3 is 2.38 bits per heavy atom. The summed E-state index contributed by atoms with van der Waals surface area (Å²) in [6, 6.07) is 14.7. The molecule has 1 heterocycles. The van der Waals surface area contributed by atoms with Crippen LogP contribution in [0.25, 0.3) is 0 Å². The second kappa shape index (κ2) is 4.32. The molecule has 4 rings (SSSR count). The van der Waals surface area contributed by atoms with Crippen LogP contribution in [0.2, 0.25) is 5.02 Å². The molecule has 0 saturated heterocycles. The molecule has 1 N–H and O–H groups in total. The molecule has 0 radical (unpaired) electrons. The Bertz CT molecular complexity index is 812. The molecule has 1 saturated carbocycles. The van der Waals surface area contributed by atoms with E-state index in [-0.39, 0.29) is 0 Å². The highest BCUT2D eigenvalue weighted by Crippen LogP contribution is 2.54. The molecule has 0 bridgehead atoms. The average Bonchev–Trinajstić information content (AvgIpc) is 3.28. The first-order valence-electron chi connectivity index (χ1n) is 6.93. The summed E-state index contributed by atoms with van der Waals surface area (Å²) in [5.74, 6) is 0.303. The molecule has 2 aliphatic rings. The van der Waals surface area contributed by atoms with Crippen LogP contribution in [0.5, 0.6) is 0 Å². The van der Waals surface area contributed by atoms with Crippen LogP contribution in [-0.2, 0) is 15.6 Å². The monoisotopic (exact) mass is 319 g/mol. The molecular weight excluding hydrogens is 306 g/mol. The molecule has 0 aromatic heterocycles. The van der Waals surface area contributed by atoms with Crippen molar-refractivity contribution in [2.45, 2.75) is 23.3 Å². The van der Waals surface area contributed by atoms with Crippen molar-refractivity contribution < 1.29 is 8.42 Å². The van der Waals surface area contributed by atoms with Crippen LogP contribution in [0.1, 0.15) is 24.0 Å². The molecule has 2 aromatic rings. The molecule has 1 atom stereocenters. The Hall–Kier alpha value is -1.36. The molecule has 108 valence electrons. The lowest BCUT2D eigenvalue weighted by molar-refractivity contribution is 0.426. The highest BCUT2D eigenvalue weighted by Gasteiger charge is 2.55. The fourth-order valence-corrected chi connectivity index (χ4v) is 5.16. The number of halogens is 1. The van der Waals surface area contributed by atoms with E-state index in [1.807, 2.05) is 36.4 Å². The third-order valence-electron chi connectivity index (χ3n) is 4.39. The van der Waals surface area contributed by atoms with Gasteiger partial charge < -0.3 is 0 Å². The van der Waals surface area contributed by atoms with Gasteiger partial charge in [-0.3, -0.25) is 0 Å². The molecule has 2 aromatic carbocycles. The molecule has 1 fully saturated rings. The van der Waals surface area contributed by atoms with Gasteiger partial charge in [-0.05, 0) is 48.1 Å².